The number of hydrogen-bond donors (Lipinski definition) is 4. The van der Waals surface area contributed by atoms with Crippen molar-refractivity contribution in [3.63, 3.8) is 0 Å². The molecule has 34 heavy (non-hydrogen) atoms. The molecule has 4 N–H and O–H groups in total. The van der Waals surface area contributed by atoms with E-state index in [1.165, 1.54) is 12.1 Å². The molecule has 0 unspecified atom stereocenters. The van der Waals surface area contributed by atoms with Crippen LogP contribution in [0.2, 0.25) is 0 Å². The summed E-state index contributed by atoms with van der Waals surface area (Å²) in [6.45, 7) is 7.54. The molecule has 1 amide bonds. The van der Waals surface area contributed by atoms with Crippen molar-refractivity contribution in [1.82, 2.24) is 20.4 Å². The van der Waals surface area contributed by atoms with E-state index in [2.05, 4.69) is 21.0 Å². The molecule has 0 aliphatic rings. The first-order valence-corrected chi connectivity index (χ1v) is 11.7. The maximum atomic E-state index is 14.5. The van der Waals surface area contributed by atoms with E-state index < -0.39 is 23.9 Å². The summed E-state index contributed by atoms with van der Waals surface area (Å²) < 4.78 is 16.3. The van der Waals surface area contributed by atoms with Crippen LogP contribution >= 0.6 is 0 Å². The van der Waals surface area contributed by atoms with E-state index in [-0.39, 0.29) is 18.2 Å². The lowest BCUT2D eigenvalue weighted by molar-refractivity contribution is 0.0826. The SMILES string of the molecule is CCn1cc(CNC[C@@H](O)[C@H](Cc2ccccc2)NC(=O)c2cc(NC(C)C)ccc2F)cn1. The van der Waals surface area contributed by atoms with Gasteiger partial charge in [-0.25, -0.2) is 4.39 Å². The van der Waals surface area contributed by atoms with Gasteiger partial charge >= 0.3 is 0 Å². The van der Waals surface area contributed by atoms with Crippen LogP contribution in [0.1, 0.15) is 42.3 Å². The van der Waals surface area contributed by atoms with Gasteiger partial charge in [0, 0.05) is 43.1 Å². The Bertz CT molecular complexity index is 1050. The van der Waals surface area contributed by atoms with Crippen LogP contribution in [0.15, 0.2) is 60.9 Å². The molecule has 7 nitrogen and oxygen atoms in total. The van der Waals surface area contributed by atoms with Gasteiger partial charge in [-0.15, -0.1) is 0 Å². The molecule has 0 spiro atoms. The number of anilines is 1. The fourth-order valence-corrected chi connectivity index (χ4v) is 3.70. The maximum Gasteiger partial charge on any atom is 0.254 e. The van der Waals surface area contributed by atoms with E-state index in [0.29, 0.717) is 18.7 Å². The number of benzene rings is 2. The highest BCUT2D eigenvalue weighted by Crippen LogP contribution is 2.17. The topological polar surface area (TPSA) is 91.2 Å². The van der Waals surface area contributed by atoms with Crippen LogP contribution in [-0.4, -0.2) is 45.5 Å². The highest BCUT2D eigenvalue weighted by Gasteiger charge is 2.24. The molecule has 1 aromatic heterocycles. The lowest BCUT2D eigenvalue weighted by atomic mass is 10.00. The number of aliphatic hydroxyl groups is 1. The molecule has 8 heteroatoms. The number of halogens is 1. The predicted octanol–water partition coefficient (Wildman–Crippen LogP) is 3.35. The standard InChI is InChI=1S/C26H34FN5O2/c1-4-32-17-20(15-29-32)14-28-16-25(33)24(12-19-8-6-5-7-9-19)31-26(34)22-13-21(30-18(2)3)10-11-23(22)27/h5-11,13,15,17-18,24-25,28,30,33H,4,12,14,16H2,1-3H3,(H,31,34)/t24-,25+/m0/s1. The highest BCUT2D eigenvalue weighted by atomic mass is 19.1. The fourth-order valence-electron chi connectivity index (χ4n) is 3.70. The third-order valence-electron chi connectivity index (χ3n) is 5.44. The first kappa shape index (κ1) is 25.4. The van der Waals surface area contributed by atoms with Crippen LogP contribution in [0.4, 0.5) is 10.1 Å². The van der Waals surface area contributed by atoms with Gasteiger partial charge in [0.15, 0.2) is 0 Å². The van der Waals surface area contributed by atoms with Gasteiger partial charge in [0.05, 0.1) is 23.9 Å². The van der Waals surface area contributed by atoms with Crippen molar-refractivity contribution < 1.29 is 14.3 Å². The smallest absolute Gasteiger partial charge is 0.254 e. The van der Waals surface area contributed by atoms with Gasteiger partial charge in [-0.2, -0.15) is 5.10 Å². The number of nitrogens with zero attached hydrogens (tertiary/aromatic N) is 2. The van der Waals surface area contributed by atoms with Crippen LogP contribution in [0.5, 0.6) is 0 Å². The first-order valence-electron chi connectivity index (χ1n) is 11.7. The van der Waals surface area contributed by atoms with Crippen LogP contribution < -0.4 is 16.0 Å². The van der Waals surface area contributed by atoms with Crippen molar-refractivity contribution in [2.24, 2.45) is 0 Å². The third-order valence-corrected chi connectivity index (χ3v) is 5.44. The summed E-state index contributed by atoms with van der Waals surface area (Å²) in [5, 5.41) is 24.4. The molecule has 2 aromatic carbocycles. The summed E-state index contributed by atoms with van der Waals surface area (Å²) in [4.78, 5) is 13.0. The summed E-state index contributed by atoms with van der Waals surface area (Å²) in [7, 11) is 0. The Morgan fingerprint density at radius 1 is 1.15 bits per heavy atom. The second kappa shape index (κ2) is 12.3. The Labute approximate surface area is 200 Å². The molecule has 0 radical (unpaired) electrons. The van der Waals surface area contributed by atoms with E-state index in [4.69, 9.17) is 0 Å². The summed E-state index contributed by atoms with van der Waals surface area (Å²) >= 11 is 0. The average molecular weight is 468 g/mol. The molecule has 0 saturated heterocycles. The number of aliphatic hydroxyl groups excluding tert-OH is 1. The minimum absolute atomic E-state index is 0.0594. The zero-order valence-electron chi connectivity index (χ0n) is 20.0. The molecule has 0 bridgehead atoms. The van der Waals surface area contributed by atoms with Gasteiger partial charge in [0.1, 0.15) is 5.82 Å². The molecule has 1 heterocycles. The lowest BCUT2D eigenvalue weighted by Crippen LogP contribution is -2.48. The van der Waals surface area contributed by atoms with Crippen LogP contribution in [0.25, 0.3) is 0 Å². The Balaban J connectivity index is 1.70. The van der Waals surface area contributed by atoms with Crippen molar-refractivity contribution in [3.05, 3.63) is 83.4 Å². The predicted molar refractivity (Wildman–Crippen MR) is 132 cm³/mol. The Hall–Kier alpha value is -3.23. The Morgan fingerprint density at radius 2 is 1.91 bits per heavy atom. The second-order valence-corrected chi connectivity index (χ2v) is 8.67. The van der Waals surface area contributed by atoms with Crippen molar-refractivity contribution in [1.29, 1.82) is 0 Å². The Morgan fingerprint density at radius 3 is 2.59 bits per heavy atom. The van der Waals surface area contributed by atoms with Crippen molar-refractivity contribution in [2.45, 2.75) is 58.5 Å². The number of amides is 1. The quantitative estimate of drug-likeness (QED) is 0.328. The molecule has 3 aromatic rings. The zero-order valence-corrected chi connectivity index (χ0v) is 20.0. The van der Waals surface area contributed by atoms with Gasteiger partial charge in [-0.1, -0.05) is 30.3 Å². The monoisotopic (exact) mass is 467 g/mol. The van der Waals surface area contributed by atoms with Crippen molar-refractivity contribution >= 4 is 11.6 Å². The number of carbonyl (C=O) groups excluding carboxylic acids is 1. The molecule has 0 aliphatic carbocycles. The van der Waals surface area contributed by atoms with Gasteiger partial charge in [0.2, 0.25) is 0 Å². The fraction of sp³-hybridized carbons (Fsp3) is 0.385. The van der Waals surface area contributed by atoms with Crippen molar-refractivity contribution in [2.75, 3.05) is 11.9 Å². The summed E-state index contributed by atoms with van der Waals surface area (Å²) in [6.07, 6.45) is 3.26. The average Bonchev–Trinajstić information content (AvgIpc) is 3.28. The molecule has 3 rings (SSSR count). The maximum absolute atomic E-state index is 14.5. The first-order chi connectivity index (χ1) is 16.4. The Kier molecular flexibility index (Phi) is 9.18. The van der Waals surface area contributed by atoms with E-state index in [0.717, 1.165) is 17.7 Å². The molecule has 0 aliphatic heterocycles. The number of aromatic nitrogens is 2. The second-order valence-electron chi connectivity index (χ2n) is 8.67. The molecule has 182 valence electrons. The molecular weight excluding hydrogens is 433 g/mol. The zero-order chi connectivity index (χ0) is 24.5. The number of nitrogens with one attached hydrogen (secondary N) is 3. The van der Waals surface area contributed by atoms with Crippen LogP contribution in [0.3, 0.4) is 0 Å². The minimum atomic E-state index is -0.884. The highest BCUT2D eigenvalue weighted by molar-refractivity contribution is 5.95. The van der Waals surface area contributed by atoms with E-state index in [1.54, 1.807) is 12.3 Å². The van der Waals surface area contributed by atoms with Crippen LogP contribution in [0, 0.1) is 5.82 Å². The number of aryl methyl sites for hydroxylation is 1. The van der Waals surface area contributed by atoms with Gasteiger partial charge in [-0.3, -0.25) is 9.48 Å². The summed E-state index contributed by atoms with van der Waals surface area (Å²) in [5.74, 6) is -1.17. The summed E-state index contributed by atoms with van der Waals surface area (Å²) in [5.41, 5.74) is 2.58. The molecule has 0 fully saturated rings. The van der Waals surface area contributed by atoms with E-state index >= 15 is 0 Å². The number of hydrogen-bond acceptors (Lipinski definition) is 5. The van der Waals surface area contributed by atoms with Crippen LogP contribution in [-0.2, 0) is 19.5 Å². The van der Waals surface area contributed by atoms with E-state index in [1.807, 2.05) is 62.0 Å². The van der Waals surface area contributed by atoms with Gasteiger partial charge in [0.25, 0.3) is 5.91 Å². The third kappa shape index (κ3) is 7.40. The van der Waals surface area contributed by atoms with Crippen molar-refractivity contribution in [3.8, 4) is 0 Å². The molecule has 0 saturated carbocycles. The number of rotatable bonds is 12. The summed E-state index contributed by atoms with van der Waals surface area (Å²) in [6, 6.07) is 13.5. The van der Waals surface area contributed by atoms with E-state index in [9.17, 15) is 14.3 Å². The molecule has 2 atom stereocenters. The van der Waals surface area contributed by atoms with Gasteiger partial charge < -0.3 is 21.1 Å². The minimum Gasteiger partial charge on any atom is -0.390 e. The molecular formula is C26H34FN5O2. The largest absolute Gasteiger partial charge is 0.390 e. The number of carbonyl (C=O) groups is 1. The normalized spacial score (nSPS) is 13.0. The lowest BCUT2D eigenvalue weighted by Gasteiger charge is -2.25. The van der Waals surface area contributed by atoms with Gasteiger partial charge in [-0.05, 0) is 51.0 Å².